The molecule has 2 N–H and O–H groups in total. The second-order valence-corrected chi connectivity index (χ2v) is 4.94. The molecule has 7 heteroatoms. The number of rotatable bonds is 3. The molecule has 0 bridgehead atoms. The van der Waals surface area contributed by atoms with Crippen LogP contribution in [0.4, 0.5) is 5.95 Å². The summed E-state index contributed by atoms with van der Waals surface area (Å²) < 4.78 is 12.7. The van der Waals surface area contributed by atoms with Crippen LogP contribution >= 0.6 is 0 Å². The number of anilines is 1. The lowest BCUT2D eigenvalue weighted by Gasteiger charge is -2.14. The predicted molar refractivity (Wildman–Crippen MR) is 78.3 cm³/mol. The molecule has 0 radical (unpaired) electrons. The van der Waals surface area contributed by atoms with Crippen LogP contribution in [0.5, 0.6) is 5.88 Å². The van der Waals surface area contributed by atoms with Crippen LogP contribution in [0.15, 0.2) is 16.8 Å². The highest BCUT2D eigenvalue weighted by Gasteiger charge is 2.22. The summed E-state index contributed by atoms with van der Waals surface area (Å²) in [5.74, 6) is 2.51. The first kappa shape index (κ1) is 13.4. The molecule has 3 aromatic heterocycles. The van der Waals surface area contributed by atoms with Crippen LogP contribution in [0.3, 0.4) is 0 Å². The van der Waals surface area contributed by atoms with Crippen molar-refractivity contribution in [3.05, 3.63) is 29.5 Å². The van der Waals surface area contributed by atoms with E-state index < -0.39 is 0 Å². The van der Waals surface area contributed by atoms with Gasteiger partial charge < -0.3 is 14.9 Å². The van der Waals surface area contributed by atoms with E-state index in [-0.39, 0.29) is 6.04 Å². The summed E-state index contributed by atoms with van der Waals surface area (Å²) in [7, 11) is 1.55. The van der Waals surface area contributed by atoms with Crippen LogP contribution in [0.1, 0.15) is 30.0 Å². The molecule has 0 saturated heterocycles. The smallest absolute Gasteiger partial charge is 0.245 e. The van der Waals surface area contributed by atoms with Gasteiger partial charge in [0, 0.05) is 5.56 Å². The first-order chi connectivity index (χ1) is 10.0. The first-order valence-electron chi connectivity index (χ1n) is 6.62. The van der Waals surface area contributed by atoms with Crippen molar-refractivity contribution in [1.82, 2.24) is 19.5 Å². The zero-order valence-electron chi connectivity index (χ0n) is 12.4. The number of nitrogen functional groups attached to an aromatic ring is 1. The summed E-state index contributed by atoms with van der Waals surface area (Å²) in [6, 6.07) is 1.95. The molecule has 0 aliphatic heterocycles. The van der Waals surface area contributed by atoms with Gasteiger partial charge in [-0.15, -0.1) is 0 Å². The average Bonchev–Trinajstić information content (AvgIpc) is 2.96. The Labute approximate surface area is 121 Å². The number of aromatic nitrogens is 4. The van der Waals surface area contributed by atoms with Crippen molar-refractivity contribution >= 4 is 17.1 Å². The van der Waals surface area contributed by atoms with Gasteiger partial charge in [-0.05, 0) is 26.8 Å². The Morgan fingerprint density at radius 1 is 1.33 bits per heavy atom. The van der Waals surface area contributed by atoms with E-state index in [4.69, 9.17) is 14.9 Å². The Hall–Kier alpha value is -2.57. The topological polar surface area (TPSA) is 92.0 Å². The van der Waals surface area contributed by atoms with E-state index in [9.17, 15) is 0 Å². The van der Waals surface area contributed by atoms with Gasteiger partial charge in [-0.2, -0.15) is 4.98 Å². The van der Waals surface area contributed by atoms with Gasteiger partial charge in [-0.3, -0.25) is 4.57 Å². The molecule has 1 atom stereocenters. The standard InChI is InChI=1S/C14H17N5O2/c1-7-5-10(9(3)21-7)8(2)19-12-11(18-14(19)15)13(20-4)17-6-16-12/h5-6,8H,1-4H3,(H2,15,18). The van der Waals surface area contributed by atoms with Gasteiger partial charge >= 0.3 is 0 Å². The molecule has 0 saturated carbocycles. The highest BCUT2D eigenvalue weighted by molar-refractivity contribution is 5.79. The molecule has 0 spiro atoms. The van der Waals surface area contributed by atoms with E-state index >= 15 is 0 Å². The van der Waals surface area contributed by atoms with Crippen molar-refractivity contribution in [3.8, 4) is 5.88 Å². The fourth-order valence-corrected chi connectivity index (χ4v) is 2.64. The molecule has 7 nitrogen and oxygen atoms in total. The maximum absolute atomic E-state index is 6.07. The molecule has 0 aromatic carbocycles. The molecule has 3 rings (SSSR count). The summed E-state index contributed by atoms with van der Waals surface area (Å²) >= 11 is 0. The highest BCUT2D eigenvalue weighted by Crippen LogP contribution is 2.31. The molecule has 21 heavy (non-hydrogen) atoms. The maximum Gasteiger partial charge on any atom is 0.245 e. The Balaban J connectivity index is 2.20. The van der Waals surface area contributed by atoms with E-state index in [2.05, 4.69) is 15.0 Å². The van der Waals surface area contributed by atoms with Gasteiger partial charge in [0.15, 0.2) is 11.2 Å². The molecule has 0 fully saturated rings. The highest BCUT2D eigenvalue weighted by atomic mass is 16.5. The van der Waals surface area contributed by atoms with Gasteiger partial charge in [-0.25, -0.2) is 9.97 Å². The summed E-state index contributed by atoms with van der Waals surface area (Å²) in [6.07, 6.45) is 1.44. The van der Waals surface area contributed by atoms with Crippen LogP contribution in [-0.2, 0) is 0 Å². The third kappa shape index (κ3) is 2.01. The number of ether oxygens (including phenoxy) is 1. The number of nitrogens with two attached hydrogens (primary N) is 1. The minimum absolute atomic E-state index is 0.0490. The normalized spacial score (nSPS) is 12.8. The van der Waals surface area contributed by atoms with Gasteiger partial charge in [0.05, 0.1) is 13.2 Å². The van der Waals surface area contributed by atoms with Crippen LogP contribution in [-0.4, -0.2) is 26.6 Å². The van der Waals surface area contributed by atoms with E-state index in [1.54, 1.807) is 7.11 Å². The number of methoxy groups -OCH3 is 1. The first-order valence-corrected chi connectivity index (χ1v) is 6.62. The summed E-state index contributed by atoms with van der Waals surface area (Å²) in [5, 5.41) is 0. The fraction of sp³-hybridized carbons (Fsp3) is 0.357. The van der Waals surface area contributed by atoms with E-state index in [0.717, 1.165) is 17.1 Å². The van der Waals surface area contributed by atoms with E-state index in [0.29, 0.717) is 23.0 Å². The minimum atomic E-state index is -0.0490. The average molecular weight is 287 g/mol. The zero-order valence-corrected chi connectivity index (χ0v) is 12.4. The molecular weight excluding hydrogens is 270 g/mol. The largest absolute Gasteiger partial charge is 0.479 e. The molecule has 3 aromatic rings. The van der Waals surface area contributed by atoms with Crippen molar-refractivity contribution < 1.29 is 9.15 Å². The molecule has 0 aliphatic carbocycles. The lowest BCUT2D eigenvalue weighted by molar-refractivity contribution is 0.401. The molecular formula is C14H17N5O2. The number of furan rings is 1. The zero-order chi connectivity index (χ0) is 15.1. The Morgan fingerprint density at radius 2 is 2.10 bits per heavy atom. The number of aryl methyl sites for hydroxylation is 2. The molecule has 1 unspecified atom stereocenters. The van der Waals surface area contributed by atoms with E-state index in [1.165, 1.54) is 6.33 Å². The fourth-order valence-electron chi connectivity index (χ4n) is 2.64. The SMILES string of the molecule is COc1ncnc2c1nc(N)n2C(C)c1cc(C)oc1C. The number of imidazole rings is 1. The summed E-state index contributed by atoms with van der Waals surface area (Å²) in [4.78, 5) is 12.7. The van der Waals surface area contributed by atoms with Gasteiger partial charge in [0.25, 0.3) is 0 Å². The number of hydrogen-bond donors (Lipinski definition) is 1. The summed E-state index contributed by atoms with van der Waals surface area (Å²) in [5.41, 5.74) is 8.32. The number of fused-ring (bicyclic) bond motifs is 1. The molecule has 0 amide bonds. The third-order valence-electron chi connectivity index (χ3n) is 3.58. The Kier molecular flexibility index (Phi) is 3.04. The second-order valence-electron chi connectivity index (χ2n) is 4.94. The van der Waals surface area contributed by atoms with Crippen molar-refractivity contribution in [2.24, 2.45) is 0 Å². The Bertz CT molecular complexity index is 805. The van der Waals surface area contributed by atoms with Crippen molar-refractivity contribution in [1.29, 1.82) is 0 Å². The third-order valence-corrected chi connectivity index (χ3v) is 3.58. The maximum atomic E-state index is 6.07. The monoisotopic (exact) mass is 287 g/mol. The van der Waals surface area contributed by atoms with Gasteiger partial charge in [-0.1, -0.05) is 0 Å². The predicted octanol–water partition coefficient (Wildman–Crippen LogP) is 2.24. The quantitative estimate of drug-likeness (QED) is 0.794. The number of nitrogens with zero attached hydrogens (tertiary/aromatic N) is 4. The van der Waals surface area contributed by atoms with Crippen molar-refractivity contribution in [2.45, 2.75) is 26.8 Å². The van der Waals surface area contributed by atoms with E-state index in [1.807, 2.05) is 31.4 Å². The Morgan fingerprint density at radius 3 is 2.71 bits per heavy atom. The van der Waals surface area contributed by atoms with Crippen LogP contribution < -0.4 is 10.5 Å². The molecule has 3 heterocycles. The van der Waals surface area contributed by atoms with Gasteiger partial charge in [0.2, 0.25) is 11.8 Å². The molecule has 110 valence electrons. The van der Waals surface area contributed by atoms with Gasteiger partial charge in [0.1, 0.15) is 17.8 Å². The minimum Gasteiger partial charge on any atom is -0.479 e. The second kappa shape index (κ2) is 4.76. The molecule has 0 aliphatic rings. The van der Waals surface area contributed by atoms with Crippen LogP contribution in [0, 0.1) is 13.8 Å². The lowest BCUT2D eigenvalue weighted by atomic mass is 10.1. The van der Waals surface area contributed by atoms with Crippen molar-refractivity contribution in [2.75, 3.05) is 12.8 Å². The summed E-state index contributed by atoms with van der Waals surface area (Å²) in [6.45, 7) is 5.89. The van der Waals surface area contributed by atoms with Crippen LogP contribution in [0.2, 0.25) is 0 Å². The van der Waals surface area contributed by atoms with Crippen LogP contribution in [0.25, 0.3) is 11.2 Å². The lowest BCUT2D eigenvalue weighted by Crippen LogP contribution is -2.11. The number of hydrogen-bond acceptors (Lipinski definition) is 6. The van der Waals surface area contributed by atoms with Crippen molar-refractivity contribution in [3.63, 3.8) is 0 Å².